The van der Waals surface area contributed by atoms with Gasteiger partial charge in [-0.15, -0.1) is 10.2 Å². The van der Waals surface area contributed by atoms with Crippen LogP contribution < -0.4 is 16.3 Å². The van der Waals surface area contributed by atoms with Crippen molar-refractivity contribution in [1.82, 2.24) is 30.9 Å². The van der Waals surface area contributed by atoms with Gasteiger partial charge in [0.25, 0.3) is 16.0 Å². The third-order valence-corrected chi connectivity index (χ3v) is 8.12. The van der Waals surface area contributed by atoms with Crippen molar-refractivity contribution >= 4 is 44.7 Å². The number of piperidine rings is 1. The third-order valence-electron chi connectivity index (χ3n) is 7.57. The molecular formula is C29H29FN8O7S. The van der Waals surface area contributed by atoms with Crippen molar-refractivity contribution < 1.29 is 36.1 Å². The second-order valence-corrected chi connectivity index (χ2v) is 12.4. The van der Waals surface area contributed by atoms with E-state index in [0.29, 0.717) is 48.4 Å². The van der Waals surface area contributed by atoms with E-state index in [4.69, 9.17) is 8.60 Å². The highest BCUT2D eigenvalue weighted by molar-refractivity contribution is 7.86. The molecule has 2 aliphatic heterocycles. The zero-order valence-electron chi connectivity index (χ0n) is 24.4. The summed E-state index contributed by atoms with van der Waals surface area (Å²) in [5.74, 6) is 0.449. The first kappa shape index (κ1) is 30.9. The Kier molecular flexibility index (Phi) is 8.78. The first-order chi connectivity index (χ1) is 22.2. The number of likely N-dealkylation sites (tertiary alicyclic amines) is 1. The molecule has 17 heteroatoms. The van der Waals surface area contributed by atoms with E-state index >= 15 is 0 Å². The number of aromatic nitrogens is 2. The monoisotopic (exact) mass is 652 g/mol. The number of hydrazone groups is 1. The van der Waals surface area contributed by atoms with Gasteiger partial charge in [0.1, 0.15) is 17.8 Å². The first-order valence-electron chi connectivity index (χ1n) is 14.2. The van der Waals surface area contributed by atoms with Crippen LogP contribution in [-0.4, -0.2) is 72.2 Å². The number of benzene rings is 2. The second kappa shape index (κ2) is 13.1. The fraction of sp³-hybridized carbons (Fsp3) is 0.276. The molecule has 0 saturated carbocycles. The van der Waals surface area contributed by atoms with Gasteiger partial charge in [0.15, 0.2) is 11.4 Å². The molecule has 1 saturated heterocycles. The number of hydrazine groups is 2. The van der Waals surface area contributed by atoms with E-state index in [-0.39, 0.29) is 41.7 Å². The molecule has 4 aromatic rings. The van der Waals surface area contributed by atoms with Gasteiger partial charge >= 0.3 is 6.09 Å². The van der Waals surface area contributed by atoms with E-state index in [1.165, 1.54) is 18.3 Å². The number of amidine groups is 1. The predicted molar refractivity (Wildman–Crippen MR) is 163 cm³/mol. The summed E-state index contributed by atoms with van der Waals surface area (Å²) in [5, 5.41) is 8.13. The molecule has 0 spiro atoms. The van der Waals surface area contributed by atoms with Crippen molar-refractivity contribution in [3.63, 3.8) is 0 Å². The minimum Gasteiger partial charge on any atom is -0.436 e. The van der Waals surface area contributed by atoms with Gasteiger partial charge in [0.2, 0.25) is 5.89 Å². The Morgan fingerprint density at radius 2 is 1.91 bits per heavy atom. The normalized spacial score (nSPS) is 16.4. The SMILES string of the molecule is CS(=O)(=O)OCC1=NNN(C(c2ccccc2)C2CCN(C(=O)c3cc(-c4nc5cc(NC(=O)OF)ccc5o4)ccn3)CC2)N1. The number of hydrogen-bond acceptors (Lipinski definition) is 13. The summed E-state index contributed by atoms with van der Waals surface area (Å²) in [4.78, 5) is 38.4. The molecule has 1 fully saturated rings. The molecule has 0 aliphatic carbocycles. The fourth-order valence-electron chi connectivity index (χ4n) is 5.47. The summed E-state index contributed by atoms with van der Waals surface area (Å²) in [7, 11) is -3.64. The van der Waals surface area contributed by atoms with Gasteiger partial charge in [-0.2, -0.15) is 8.42 Å². The Morgan fingerprint density at radius 3 is 2.65 bits per heavy atom. The van der Waals surface area contributed by atoms with Gasteiger partial charge in [0, 0.05) is 35.1 Å². The molecule has 0 radical (unpaired) electrons. The number of carbonyl (C=O) groups excluding carboxylic acids is 2. The Bertz CT molecular complexity index is 1880. The molecule has 0 bridgehead atoms. The largest absolute Gasteiger partial charge is 0.449 e. The average molecular weight is 653 g/mol. The Hall–Kier alpha value is -5.13. The van der Waals surface area contributed by atoms with Crippen LogP contribution in [0.15, 0.2) is 76.4 Å². The minimum atomic E-state index is -3.64. The highest BCUT2D eigenvalue weighted by Gasteiger charge is 2.36. The fourth-order valence-corrected chi connectivity index (χ4v) is 5.80. The van der Waals surface area contributed by atoms with E-state index in [9.17, 15) is 22.5 Å². The molecule has 240 valence electrons. The lowest BCUT2D eigenvalue weighted by Gasteiger charge is -2.39. The van der Waals surface area contributed by atoms with E-state index in [1.54, 1.807) is 28.2 Å². The molecule has 3 N–H and O–H groups in total. The molecular weight excluding hydrogens is 623 g/mol. The lowest BCUT2D eigenvalue weighted by molar-refractivity contribution is -0.0544. The highest BCUT2D eigenvalue weighted by atomic mass is 32.2. The van der Waals surface area contributed by atoms with Crippen molar-refractivity contribution in [1.29, 1.82) is 0 Å². The molecule has 2 aliphatic rings. The lowest BCUT2D eigenvalue weighted by atomic mass is 9.85. The van der Waals surface area contributed by atoms with Gasteiger partial charge in [-0.1, -0.05) is 30.3 Å². The molecule has 2 aromatic heterocycles. The summed E-state index contributed by atoms with van der Waals surface area (Å²) >= 11 is 0. The molecule has 46 heavy (non-hydrogen) atoms. The van der Waals surface area contributed by atoms with Crippen LogP contribution in [-0.2, 0) is 19.2 Å². The van der Waals surface area contributed by atoms with Crippen LogP contribution in [0.2, 0.25) is 0 Å². The first-order valence-corrected chi connectivity index (χ1v) is 16.0. The van der Waals surface area contributed by atoms with E-state index in [0.717, 1.165) is 11.8 Å². The summed E-state index contributed by atoms with van der Waals surface area (Å²) in [5.41, 5.74) is 8.93. The number of nitrogens with one attached hydrogen (secondary N) is 3. The van der Waals surface area contributed by atoms with Gasteiger partial charge < -0.3 is 9.32 Å². The number of fused-ring (bicyclic) bond motifs is 1. The topological polar surface area (TPSA) is 181 Å². The summed E-state index contributed by atoms with van der Waals surface area (Å²) in [6.45, 7) is 0.733. The molecule has 15 nitrogen and oxygen atoms in total. The number of pyridine rings is 1. The van der Waals surface area contributed by atoms with Crippen LogP contribution in [0.5, 0.6) is 0 Å². The van der Waals surface area contributed by atoms with Gasteiger partial charge in [0.05, 0.1) is 12.3 Å². The van der Waals surface area contributed by atoms with Crippen molar-refractivity contribution in [3.05, 3.63) is 78.1 Å². The van der Waals surface area contributed by atoms with E-state index < -0.39 is 16.2 Å². The smallest absolute Gasteiger partial charge is 0.436 e. The maximum atomic E-state index is 13.5. The Balaban J connectivity index is 1.12. The summed E-state index contributed by atoms with van der Waals surface area (Å²) in [6, 6.07) is 17.5. The number of rotatable bonds is 9. The number of carbonyl (C=O) groups is 2. The molecule has 1 unspecified atom stereocenters. The number of hydrogen-bond donors (Lipinski definition) is 3. The average Bonchev–Trinajstić information content (AvgIpc) is 3.71. The number of anilines is 1. The lowest BCUT2D eigenvalue weighted by Crippen LogP contribution is -2.50. The van der Waals surface area contributed by atoms with Crippen LogP contribution >= 0.6 is 0 Å². The van der Waals surface area contributed by atoms with Crippen molar-refractivity contribution in [2.24, 2.45) is 11.0 Å². The number of amides is 2. The van der Waals surface area contributed by atoms with Crippen molar-refractivity contribution in [3.8, 4) is 11.5 Å². The van der Waals surface area contributed by atoms with Crippen LogP contribution in [0.25, 0.3) is 22.6 Å². The quantitative estimate of drug-likeness (QED) is 0.224. The van der Waals surface area contributed by atoms with Crippen LogP contribution in [0.1, 0.15) is 34.9 Å². The molecule has 2 aromatic carbocycles. The Labute approximate surface area is 262 Å². The maximum absolute atomic E-state index is 13.5. The summed E-state index contributed by atoms with van der Waals surface area (Å²) in [6.07, 6.45) is 2.58. The van der Waals surface area contributed by atoms with Crippen LogP contribution in [0, 0.1) is 5.92 Å². The standard InChI is InChI=1S/C29H29FN8O7S/c1-46(41,42)43-17-25-34-36-38(35-25)26(18-5-3-2-4-6-18)19-10-13-37(14-11-19)28(39)23-15-20(9-12-31-23)27-33-22-16-21(32-29(40)45-30)7-8-24(22)44-27/h2-9,12,15-16,19,26,36H,10-11,13-14,17H2,1H3,(H,32,40)(H,34,35). The van der Waals surface area contributed by atoms with Gasteiger partial charge in [-0.25, -0.2) is 20.3 Å². The zero-order chi connectivity index (χ0) is 32.3. The van der Waals surface area contributed by atoms with Gasteiger partial charge in [-0.05, 0) is 54.7 Å². The third kappa shape index (κ3) is 7.06. The van der Waals surface area contributed by atoms with E-state index in [1.807, 2.05) is 30.3 Å². The van der Waals surface area contributed by atoms with E-state index in [2.05, 4.69) is 36.3 Å². The summed E-state index contributed by atoms with van der Waals surface area (Å²) < 4.78 is 45.7. The van der Waals surface area contributed by atoms with Crippen molar-refractivity contribution in [2.45, 2.75) is 18.9 Å². The highest BCUT2D eigenvalue weighted by Crippen LogP contribution is 2.35. The van der Waals surface area contributed by atoms with Crippen molar-refractivity contribution in [2.75, 3.05) is 31.3 Å². The molecule has 6 rings (SSSR count). The maximum Gasteiger partial charge on any atom is 0.449 e. The Morgan fingerprint density at radius 1 is 1.13 bits per heavy atom. The molecule has 2 amide bonds. The second-order valence-electron chi connectivity index (χ2n) is 10.7. The number of nitrogens with zero attached hydrogens (tertiary/aromatic N) is 5. The van der Waals surface area contributed by atoms with Gasteiger partial charge in [-0.3, -0.25) is 24.7 Å². The zero-order valence-corrected chi connectivity index (χ0v) is 25.2. The van der Waals surface area contributed by atoms with Crippen LogP contribution in [0.3, 0.4) is 0 Å². The number of oxazole rings is 1. The molecule has 4 heterocycles. The van der Waals surface area contributed by atoms with Crippen LogP contribution in [0.4, 0.5) is 15.0 Å². The predicted octanol–water partition coefficient (Wildman–Crippen LogP) is 3.53. The number of halogens is 1. The molecule has 1 atom stereocenters. The minimum absolute atomic E-state index is 0.113.